The van der Waals surface area contributed by atoms with Gasteiger partial charge >= 0.3 is 0 Å². The van der Waals surface area contributed by atoms with Crippen LogP contribution in [0.2, 0.25) is 10.0 Å². The molecule has 0 spiro atoms. The molecular weight excluding hydrogens is 401 g/mol. The molecule has 0 fully saturated rings. The zero-order valence-corrected chi connectivity index (χ0v) is 16.0. The van der Waals surface area contributed by atoms with Crippen molar-refractivity contribution >= 4 is 35.3 Å². The third-order valence-corrected chi connectivity index (χ3v) is 4.61. The van der Waals surface area contributed by atoms with Gasteiger partial charge in [-0.25, -0.2) is 5.43 Å². The van der Waals surface area contributed by atoms with Gasteiger partial charge in [-0.15, -0.1) is 0 Å². The summed E-state index contributed by atoms with van der Waals surface area (Å²) in [5, 5.41) is 13.9. The average molecular weight is 416 g/mol. The Kier molecular flexibility index (Phi) is 6.13. The summed E-state index contributed by atoms with van der Waals surface area (Å²) < 4.78 is 1.40. The summed E-state index contributed by atoms with van der Waals surface area (Å²) in [7, 11) is 0. The van der Waals surface area contributed by atoms with Crippen LogP contribution >= 0.6 is 23.2 Å². The highest BCUT2D eigenvalue weighted by Crippen LogP contribution is 2.22. The first kappa shape index (κ1) is 19.7. The van der Waals surface area contributed by atoms with Crippen molar-refractivity contribution in [1.82, 2.24) is 9.99 Å². The van der Waals surface area contributed by atoms with Crippen LogP contribution in [-0.4, -0.2) is 21.8 Å². The molecule has 3 aromatic rings. The van der Waals surface area contributed by atoms with Crippen LogP contribution in [0.3, 0.4) is 0 Å². The van der Waals surface area contributed by atoms with E-state index in [4.69, 9.17) is 23.2 Å². The lowest BCUT2D eigenvalue weighted by molar-refractivity contribution is 0.0953. The third-order valence-electron chi connectivity index (χ3n) is 3.87. The van der Waals surface area contributed by atoms with Gasteiger partial charge in [0.2, 0.25) is 0 Å². The molecule has 28 heavy (non-hydrogen) atoms. The van der Waals surface area contributed by atoms with E-state index < -0.39 is 11.5 Å². The van der Waals surface area contributed by atoms with Crippen LogP contribution in [-0.2, 0) is 6.54 Å². The molecule has 0 aliphatic heterocycles. The van der Waals surface area contributed by atoms with E-state index in [-0.39, 0.29) is 17.9 Å². The number of pyridine rings is 1. The molecule has 1 aromatic heterocycles. The minimum absolute atomic E-state index is 0.0367. The van der Waals surface area contributed by atoms with Crippen molar-refractivity contribution in [3.63, 3.8) is 0 Å². The summed E-state index contributed by atoms with van der Waals surface area (Å²) >= 11 is 11.9. The number of rotatable bonds is 5. The molecule has 0 radical (unpaired) electrons. The standard InChI is InChI=1S/C20H15Cl2N3O3/c21-17-8-5-14(10-18(17)22)12-25-9-1-2-16(20(25)28)19(27)24-23-11-13-3-6-15(26)7-4-13/h1-11,26H,12H2,(H,24,27)/b23-11-. The Balaban J connectivity index is 1.74. The van der Waals surface area contributed by atoms with Gasteiger partial charge in [-0.2, -0.15) is 5.10 Å². The first-order valence-electron chi connectivity index (χ1n) is 8.20. The van der Waals surface area contributed by atoms with E-state index in [2.05, 4.69) is 10.5 Å². The van der Waals surface area contributed by atoms with Gasteiger partial charge in [-0.3, -0.25) is 9.59 Å². The topological polar surface area (TPSA) is 83.7 Å². The number of aromatic hydroxyl groups is 1. The molecule has 2 aromatic carbocycles. The summed E-state index contributed by atoms with van der Waals surface area (Å²) in [6.45, 7) is 0.244. The van der Waals surface area contributed by atoms with Gasteiger partial charge in [0, 0.05) is 6.20 Å². The van der Waals surface area contributed by atoms with Crippen LogP contribution < -0.4 is 11.0 Å². The van der Waals surface area contributed by atoms with Gasteiger partial charge < -0.3 is 9.67 Å². The quantitative estimate of drug-likeness (QED) is 0.492. The number of carbonyl (C=O) groups is 1. The molecule has 0 aliphatic carbocycles. The van der Waals surface area contributed by atoms with E-state index in [0.717, 1.165) is 5.56 Å². The highest BCUT2D eigenvalue weighted by molar-refractivity contribution is 6.42. The van der Waals surface area contributed by atoms with Gasteiger partial charge in [0.1, 0.15) is 11.3 Å². The minimum Gasteiger partial charge on any atom is -0.508 e. The lowest BCUT2D eigenvalue weighted by Gasteiger charge is -2.08. The average Bonchev–Trinajstić information content (AvgIpc) is 2.68. The van der Waals surface area contributed by atoms with Gasteiger partial charge in [-0.05, 0) is 59.7 Å². The Morgan fingerprint density at radius 2 is 1.86 bits per heavy atom. The number of nitrogens with one attached hydrogen (secondary N) is 1. The zero-order chi connectivity index (χ0) is 20.1. The minimum atomic E-state index is -0.622. The predicted octanol–water partition coefficient (Wildman–Crippen LogP) is 3.67. The summed E-state index contributed by atoms with van der Waals surface area (Å²) in [5.41, 5.74) is 3.30. The third kappa shape index (κ3) is 4.79. The van der Waals surface area contributed by atoms with Crippen LogP contribution in [0.4, 0.5) is 0 Å². The van der Waals surface area contributed by atoms with Crippen LogP contribution in [0.5, 0.6) is 5.75 Å². The van der Waals surface area contributed by atoms with Crippen molar-refractivity contribution < 1.29 is 9.90 Å². The lowest BCUT2D eigenvalue weighted by atomic mass is 10.2. The van der Waals surface area contributed by atoms with Gasteiger partial charge in [0.25, 0.3) is 11.5 Å². The van der Waals surface area contributed by atoms with Gasteiger partial charge in [0.15, 0.2) is 0 Å². The molecule has 0 aliphatic rings. The predicted molar refractivity (Wildman–Crippen MR) is 109 cm³/mol. The number of carbonyl (C=O) groups excluding carboxylic acids is 1. The number of hydrogen-bond acceptors (Lipinski definition) is 4. The lowest BCUT2D eigenvalue weighted by Crippen LogP contribution is -2.30. The van der Waals surface area contributed by atoms with Gasteiger partial charge in [-0.1, -0.05) is 29.3 Å². The molecule has 0 atom stereocenters. The number of amides is 1. The van der Waals surface area contributed by atoms with Crippen LogP contribution in [0.25, 0.3) is 0 Å². The highest BCUT2D eigenvalue weighted by Gasteiger charge is 2.12. The van der Waals surface area contributed by atoms with Crippen molar-refractivity contribution in [2.75, 3.05) is 0 Å². The smallest absolute Gasteiger partial charge is 0.276 e. The molecule has 0 bridgehead atoms. The Labute approximate surface area is 170 Å². The second kappa shape index (κ2) is 8.73. The monoisotopic (exact) mass is 415 g/mol. The fourth-order valence-corrected chi connectivity index (χ4v) is 2.78. The number of hydrogen-bond donors (Lipinski definition) is 2. The number of benzene rings is 2. The molecule has 2 N–H and O–H groups in total. The second-order valence-corrected chi connectivity index (χ2v) is 6.71. The SMILES string of the molecule is O=C(N/N=C\c1ccc(O)cc1)c1cccn(Cc2ccc(Cl)c(Cl)c2)c1=O. The molecule has 6 nitrogen and oxygen atoms in total. The first-order chi connectivity index (χ1) is 13.4. The van der Waals surface area contributed by atoms with Crippen molar-refractivity contribution in [3.8, 4) is 5.75 Å². The fourth-order valence-electron chi connectivity index (χ4n) is 2.45. The number of halogens is 2. The van der Waals surface area contributed by atoms with E-state index in [9.17, 15) is 14.7 Å². The Bertz CT molecular complexity index is 1090. The van der Waals surface area contributed by atoms with E-state index in [1.807, 2.05) is 0 Å². The summed E-state index contributed by atoms with van der Waals surface area (Å²) in [5.74, 6) is -0.489. The van der Waals surface area contributed by atoms with Crippen LogP contribution in [0.1, 0.15) is 21.5 Å². The molecule has 3 rings (SSSR count). The van der Waals surface area contributed by atoms with Crippen LogP contribution in [0, 0.1) is 0 Å². The largest absolute Gasteiger partial charge is 0.508 e. The molecule has 142 valence electrons. The molecule has 0 saturated heterocycles. The van der Waals surface area contributed by atoms with E-state index in [1.54, 1.807) is 42.6 Å². The molecule has 0 saturated carbocycles. The molecule has 1 amide bonds. The fraction of sp³-hybridized carbons (Fsp3) is 0.0500. The number of aromatic nitrogens is 1. The molecule has 1 heterocycles. The maximum Gasteiger partial charge on any atom is 0.276 e. The number of nitrogens with zero attached hydrogens (tertiary/aromatic N) is 2. The molecule has 8 heteroatoms. The maximum absolute atomic E-state index is 12.6. The number of hydrazone groups is 1. The molecular formula is C20H15Cl2N3O3. The normalized spacial score (nSPS) is 10.9. The summed E-state index contributed by atoms with van der Waals surface area (Å²) in [6.07, 6.45) is 3.00. The maximum atomic E-state index is 12.6. The van der Waals surface area contributed by atoms with E-state index >= 15 is 0 Å². The Morgan fingerprint density at radius 1 is 1.11 bits per heavy atom. The van der Waals surface area contributed by atoms with E-state index in [1.165, 1.54) is 29.0 Å². The highest BCUT2D eigenvalue weighted by atomic mass is 35.5. The van der Waals surface area contributed by atoms with Crippen molar-refractivity contribution in [2.24, 2.45) is 5.10 Å². The zero-order valence-electron chi connectivity index (χ0n) is 14.5. The van der Waals surface area contributed by atoms with Crippen LogP contribution in [0.15, 0.2) is 70.7 Å². The van der Waals surface area contributed by atoms with Crippen molar-refractivity contribution in [2.45, 2.75) is 6.54 Å². The molecule has 0 unspecified atom stereocenters. The summed E-state index contributed by atoms with van der Waals surface area (Å²) in [4.78, 5) is 24.9. The van der Waals surface area contributed by atoms with Crippen molar-refractivity contribution in [3.05, 3.63) is 97.9 Å². The van der Waals surface area contributed by atoms with Gasteiger partial charge in [0.05, 0.1) is 22.8 Å². The number of phenolic OH excluding ortho intramolecular Hbond substituents is 1. The summed E-state index contributed by atoms with van der Waals surface area (Å²) in [6, 6.07) is 14.4. The first-order valence-corrected chi connectivity index (χ1v) is 8.95. The second-order valence-electron chi connectivity index (χ2n) is 5.89. The number of phenols is 1. The Hall–Kier alpha value is -3.09. The van der Waals surface area contributed by atoms with E-state index in [0.29, 0.717) is 15.6 Å². The Morgan fingerprint density at radius 3 is 2.57 bits per heavy atom. The van der Waals surface area contributed by atoms with Crippen molar-refractivity contribution in [1.29, 1.82) is 0 Å².